The molecule has 0 radical (unpaired) electrons. The number of benzene rings is 1. The topological polar surface area (TPSA) is 190 Å². The average Bonchev–Trinajstić information content (AvgIpc) is 3.78. The van der Waals surface area contributed by atoms with Crippen molar-refractivity contribution in [1.29, 1.82) is 0 Å². The molecular formula is C45H53FN6O9. The number of nitrogens with zero attached hydrogens (tertiary/aromatic N) is 3. The lowest BCUT2D eigenvalue weighted by Gasteiger charge is -2.31. The number of nitrogens with one attached hydrogen (secondary N) is 3. The van der Waals surface area contributed by atoms with Crippen LogP contribution in [0, 0.1) is 12.7 Å². The summed E-state index contributed by atoms with van der Waals surface area (Å²) < 4.78 is 33.2. The average molecular weight is 841 g/mol. The molecule has 16 heteroatoms. The van der Waals surface area contributed by atoms with Gasteiger partial charge in [0.1, 0.15) is 12.4 Å². The first-order chi connectivity index (χ1) is 29.5. The molecule has 0 saturated carbocycles. The molecule has 3 aromatic rings. The standard InChI is InChI=1S/C45H53FN6O9/c1-3-45(58)32-24-36-42-30(26-52(36)43(56)31(32)27-61-44(45)57)41-34(12-11-29-28(2)33(46)25-35(50-42)40(29)41)49-37(53)10-9-17-47-15-5-4-8-20-59-22-23-60-21-18-48-16-6-7-19-51-38(54)13-14-39(51)55/h4-6,13-14,16,24-25,34,47-48,58H,3,7-12,15,17-23,26-27H2,1-2H3,(H,49,53)/t34-,45-/m0/s1. The van der Waals surface area contributed by atoms with Gasteiger partial charge in [0.25, 0.3) is 17.4 Å². The summed E-state index contributed by atoms with van der Waals surface area (Å²) in [5, 5.41) is 21.8. The summed E-state index contributed by atoms with van der Waals surface area (Å²) in [4.78, 5) is 69.0. The van der Waals surface area contributed by atoms with Crippen LogP contribution in [0.1, 0.15) is 84.9 Å². The molecule has 0 bridgehead atoms. The minimum Gasteiger partial charge on any atom is -0.458 e. The number of carbonyl (C=O) groups is 4. The van der Waals surface area contributed by atoms with Crippen molar-refractivity contribution in [1.82, 2.24) is 30.4 Å². The van der Waals surface area contributed by atoms with Gasteiger partial charge in [-0.15, -0.1) is 0 Å². The molecule has 324 valence electrons. The third kappa shape index (κ3) is 9.22. The SMILES string of the molecule is CC[C@@]1(O)C(=O)OCc2c1cc1n(c2=O)Cc2c-1nc1cc(F)c(C)c3c1c2[C@@H](NC(=O)CCCNCC=CCCOCCOCCNC=CCCN1C(=O)C=CC1=O)CC3. The quantitative estimate of drug-likeness (QED) is 0.0415. The number of aliphatic hydroxyl groups is 1. The Morgan fingerprint density at radius 3 is 2.59 bits per heavy atom. The maximum absolute atomic E-state index is 15.3. The number of carbonyl (C=O) groups excluding carboxylic acids is 4. The minimum atomic E-state index is -1.97. The van der Waals surface area contributed by atoms with Crippen molar-refractivity contribution in [2.75, 3.05) is 52.6 Å². The van der Waals surface area contributed by atoms with Crippen LogP contribution in [0.4, 0.5) is 4.39 Å². The number of imide groups is 1. The Morgan fingerprint density at radius 1 is 1.02 bits per heavy atom. The minimum absolute atomic E-state index is 0.0190. The number of aromatic nitrogens is 2. The number of ether oxygens (including phenoxy) is 3. The Bertz CT molecular complexity index is 2340. The molecule has 3 aliphatic heterocycles. The van der Waals surface area contributed by atoms with E-state index in [4.69, 9.17) is 19.2 Å². The first-order valence-corrected chi connectivity index (χ1v) is 21.1. The van der Waals surface area contributed by atoms with Crippen LogP contribution >= 0.6 is 0 Å². The largest absolute Gasteiger partial charge is 0.458 e. The van der Waals surface area contributed by atoms with E-state index >= 15 is 4.39 Å². The van der Waals surface area contributed by atoms with E-state index in [1.165, 1.54) is 23.1 Å². The van der Waals surface area contributed by atoms with Gasteiger partial charge < -0.3 is 39.8 Å². The molecule has 0 fully saturated rings. The normalized spacial score (nSPS) is 19.0. The Balaban J connectivity index is 0.829. The van der Waals surface area contributed by atoms with Crippen LogP contribution in [0.5, 0.6) is 0 Å². The maximum Gasteiger partial charge on any atom is 0.343 e. The van der Waals surface area contributed by atoms with Gasteiger partial charge in [0, 0.05) is 60.8 Å². The fourth-order valence-corrected chi connectivity index (χ4v) is 8.44. The van der Waals surface area contributed by atoms with Crippen molar-refractivity contribution >= 4 is 34.6 Å². The predicted octanol–water partition coefficient (Wildman–Crippen LogP) is 3.40. The number of halogens is 1. The van der Waals surface area contributed by atoms with Crippen LogP contribution in [-0.2, 0) is 58.6 Å². The van der Waals surface area contributed by atoms with E-state index in [9.17, 15) is 29.1 Å². The van der Waals surface area contributed by atoms with Gasteiger partial charge in [0.2, 0.25) is 5.91 Å². The third-order valence-corrected chi connectivity index (χ3v) is 11.7. The number of esters is 1. The number of amides is 3. The second-order valence-corrected chi connectivity index (χ2v) is 15.6. The first kappa shape index (κ1) is 43.5. The lowest BCUT2D eigenvalue weighted by molar-refractivity contribution is -0.172. The van der Waals surface area contributed by atoms with Crippen molar-refractivity contribution in [3.63, 3.8) is 0 Å². The molecule has 1 aromatic carbocycles. The summed E-state index contributed by atoms with van der Waals surface area (Å²) in [5.74, 6) is -1.83. The number of hydrogen-bond donors (Lipinski definition) is 4. The summed E-state index contributed by atoms with van der Waals surface area (Å²) in [6.07, 6.45) is 13.7. The van der Waals surface area contributed by atoms with Crippen molar-refractivity contribution < 1.29 is 42.9 Å². The Kier molecular flexibility index (Phi) is 13.9. The summed E-state index contributed by atoms with van der Waals surface area (Å²) in [6, 6.07) is 2.67. The monoisotopic (exact) mass is 840 g/mol. The smallest absolute Gasteiger partial charge is 0.343 e. The highest BCUT2D eigenvalue weighted by molar-refractivity contribution is 6.12. The van der Waals surface area contributed by atoms with Gasteiger partial charge in [0.05, 0.1) is 61.5 Å². The number of pyridine rings is 2. The molecule has 2 aromatic heterocycles. The van der Waals surface area contributed by atoms with Crippen molar-refractivity contribution in [3.05, 3.63) is 98.3 Å². The molecule has 15 nitrogen and oxygen atoms in total. The Labute approximate surface area is 353 Å². The zero-order valence-electron chi connectivity index (χ0n) is 34.6. The molecule has 0 spiro atoms. The summed E-state index contributed by atoms with van der Waals surface area (Å²) in [6.45, 7) is 7.72. The molecule has 5 heterocycles. The lowest BCUT2D eigenvalue weighted by atomic mass is 9.81. The predicted molar refractivity (Wildman–Crippen MR) is 224 cm³/mol. The molecule has 1 aliphatic carbocycles. The molecule has 4 aliphatic rings. The molecular weight excluding hydrogens is 788 g/mol. The van der Waals surface area contributed by atoms with Crippen molar-refractivity contribution in [3.8, 4) is 11.4 Å². The van der Waals surface area contributed by atoms with Gasteiger partial charge in [-0.25, -0.2) is 14.2 Å². The highest BCUT2D eigenvalue weighted by Gasteiger charge is 2.46. The van der Waals surface area contributed by atoms with Gasteiger partial charge in [-0.05, 0) is 81.0 Å². The molecule has 61 heavy (non-hydrogen) atoms. The highest BCUT2D eigenvalue weighted by atomic mass is 19.1. The summed E-state index contributed by atoms with van der Waals surface area (Å²) in [5.41, 5.74) is 2.41. The summed E-state index contributed by atoms with van der Waals surface area (Å²) in [7, 11) is 0. The number of rotatable bonds is 21. The van der Waals surface area contributed by atoms with Crippen LogP contribution in [0.25, 0.3) is 22.3 Å². The summed E-state index contributed by atoms with van der Waals surface area (Å²) >= 11 is 0. The van der Waals surface area contributed by atoms with Crippen LogP contribution in [0.15, 0.2) is 53.5 Å². The molecule has 7 rings (SSSR count). The number of fused-ring (bicyclic) bond motifs is 5. The first-order valence-electron chi connectivity index (χ1n) is 21.1. The van der Waals surface area contributed by atoms with Gasteiger partial charge in [-0.1, -0.05) is 25.2 Å². The van der Waals surface area contributed by atoms with E-state index in [0.717, 1.165) is 28.5 Å². The van der Waals surface area contributed by atoms with E-state index < -0.39 is 11.6 Å². The Morgan fingerprint density at radius 2 is 1.80 bits per heavy atom. The van der Waals surface area contributed by atoms with E-state index in [0.29, 0.717) is 107 Å². The molecule has 4 N–H and O–H groups in total. The van der Waals surface area contributed by atoms with Gasteiger partial charge in [-0.2, -0.15) is 0 Å². The highest BCUT2D eigenvalue weighted by Crippen LogP contribution is 2.46. The van der Waals surface area contributed by atoms with Crippen LogP contribution in [0.3, 0.4) is 0 Å². The Hall–Kier alpha value is -5.55. The van der Waals surface area contributed by atoms with Crippen LogP contribution < -0.4 is 21.5 Å². The number of hydrogen-bond acceptors (Lipinski definition) is 12. The second-order valence-electron chi connectivity index (χ2n) is 15.6. The molecule has 0 saturated heterocycles. The second kappa shape index (κ2) is 19.4. The van der Waals surface area contributed by atoms with E-state index in [-0.39, 0.29) is 65.8 Å². The van der Waals surface area contributed by atoms with Gasteiger partial charge >= 0.3 is 5.97 Å². The van der Waals surface area contributed by atoms with Crippen molar-refractivity contribution in [2.24, 2.45) is 0 Å². The molecule has 2 atom stereocenters. The maximum atomic E-state index is 15.3. The van der Waals surface area contributed by atoms with Gasteiger partial charge in [-0.3, -0.25) is 24.1 Å². The van der Waals surface area contributed by atoms with Crippen LogP contribution in [-0.4, -0.2) is 95.9 Å². The fourth-order valence-electron chi connectivity index (χ4n) is 8.44. The van der Waals surface area contributed by atoms with Crippen LogP contribution in [0.2, 0.25) is 0 Å². The van der Waals surface area contributed by atoms with Gasteiger partial charge in [0.15, 0.2) is 5.60 Å². The zero-order valence-corrected chi connectivity index (χ0v) is 34.6. The third-order valence-electron chi connectivity index (χ3n) is 11.7. The zero-order chi connectivity index (χ0) is 43.1. The van der Waals surface area contributed by atoms with E-state index in [1.54, 1.807) is 30.7 Å². The molecule has 0 unspecified atom stereocenters. The fraction of sp³-hybridized carbons (Fsp3) is 0.467. The number of cyclic esters (lactones) is 1. The van der Waals surface area contributed by atoms with E-state index in [2.05, 4.69) is 16.0 Å². The lowest BCUT2D eigenvalue weighted by Crippen LogP contribution is -2.44. The van der Waals surface area contributed by atoms with Crippen molar-refractivity contribution in [2.45, 2.75) is 83.6 Å². The molecule has 3 amide bonds. The van der Waals surface area contributed by atoms with E-state index in [1.807, 2.05) is 18.2 Å². The number of aryl methyl sites for hydroxylation is 1.